The topological polar surface area (TPSA) is 84.0 Å². The van der Waals surface area contributed by atoms with E-state index in [0.29, 0.717) is 17.2 Å². The molecule has 0 radical (unpaired) electrons. The minimum Gasteiger partial charge on any atom is -0.361 e. The molecule has 1 saturated heterocycles. The van der Waals surface area contributed by atoms with Gasteiger partial charge in [-0.2, -0.15) is 13.2 Å². The van der Waals surface area contributed by atoms with Crippen LogP contribution in [0, 0.1) is 6.92 Å². The second-order valence-corrected chi connectivity index (χ2v) is 8.85. The summed E-state index contributed by atoms with van der Waals surface area (Å²) in [5.74, 6) is -0.121. The molecule has 2 aromatic heterocycles. The number of amides is 1. The lowest BCUT2D eigenvalue weighted by atomic mass is 10.1. The average Bonchev–Trinajstić information content (AvgIpc) is 2.99. The SMILES string of the molecule is Cc1nc(C(=O)NC2CS(=O)C2)sc1-c1cnc(NCC(F)(F)F)cc1C(F)F. The van der Waals surface area contributed by atoms with Crippen LogP contribution in [0.5, 0.6) is 0 Å². The minimum absolute atomic E-state index is 0.00337. The molecule has 0 saturated carbocycles. The van der Waals surface area contributed by atoms with Crippen molar-refractivity contribution < 1.29 is 31.0 Å². The Kier molecular flexibility index (Phi) is 6.17. The van der Waals surface area contributed by atoms with Gasteiger partial charge in [0, 0.05) is 39.6 Å². The van der Waals surface area contributed by atoms with E-state index >= 15 is 0 Å². The van der Waals surface area contributed by atoms with Crippen molar-refractivity contribution in [3.63, 3.8) is 0 Å². The summed E-state index contributed by atoms with van der Waals surface area (Å²) >= 11 is 0.880. The molecule has 1 fully saturated rings. The molecule has 0 unspecified atom stereocenters. The molecule has 3 rings (SSSR count). The maximum absolute atomic E-state index is 13.5. The Balaban J connectivity index is 1.84. The number of carbonyl (C=O) groups is 1. The van der Waals surface area contributed by atoms with Gasteiger partial charge in [0.15, 0.2) is 5.01 Å². The number of hydrogen-bond donors (Lipinski definition) is 2. The summed E-state index contributed by atoms with van der Waals surface area (Å²) in [7, 11) is -0.942. The number of pyridine rings is 1. The second kappa shape index (κ2) is 8.30. The highest BCUT2D eigenvalue weighted by molar-refractivity contribution is 7.86. The first-order valence-corrected chi connectivity index (χ1v) is 10.6. The van der Waals surface area contributed by atoms with Crippen LogP contribution in [-0.4, -0.2) is 50.4 Å². The van der Waals surface area contributed by atoms with Crippen LogP contribution in [-0.2, 0) is 10.8 Å². The first-order valence-electron chi connectivity index (χ1n) is 8.26. The van der Waals surface area contributed by atoms with Gasteiger partial charge in [-0.15, -0.1) is 11.3 Å². The summed E-state index contributed by atoms with van der Waals surface area (Å²) in [5.41, 5.74) is -0.203. The fraction of sp³-hybridized carbons (Fsp3) is 0.438. The number of nitrogens with zero attached hydrogens (tertiary/aromatic N) is 2. The van der Waals surface area contributed by atoms with E-state index in [4.69, 9.17) is 0 Å². The normalized spacial score (nSPS) is 19.1. The smallest absolute Gasteiger partial charge is 0.361 e. The Labute approximate surface area is 168 Å². The third-order valence-electron chi connectivity index (χ3n) is 3.99. The number of nitrogens with one attached hydrogen (secondary N) is 2. The molecule has 29 heavy (non-hydrogen) atoms. The molecular formula is C16H15F5N4O2S2. The first-order chi connectivity index (χ1) is 13.5. The molecule has 13 heteroatoms. The van der Waals surface area contributed by atoms with Crippen molar-refractivity contribution in [1.29, 1.82) is 0 Å². The molecule has 1 aliphatic rings. The molecule has 158 valence electrons. The lowest BCUT2D eigenvalue weighted by Crippen LogP contribution is -2.50. The van der Waals surface area contributed by atoms with E-state index in [1.165, 1.54) is 6.92 Å². The van der Waals surface area contributed by atoms with Gasteiger partial charge >= 0.3 is 6.18 Å². The van der Waals surface area contributed by atoms with E-state index in [9.17, 15) is 31.0 Å². The Hall–Kier alpha value is -2.15. The van der Waals surface area contributed by atoms with Crippen molar-refractivity contribution in [3.8, 4) is 10.4 Å². The maximum atomic E-state index is 13.5. The van der Waals surface area contributed by atoms with Crippen molar-refractivity contribution in [2.45, 2.75) is 25.6 Å². The Morgan fingerprint density at radius 3 is 2.66 bits per heavy atom. The number of carbonyl (C=O) groups excluding carboxylic acids is 1. The van der Waals surface area contributed by atoms with Gasteiger partial charge in [-0.3, -0.25) is 9.00 Å². The number of rotatable bonds is 6. The van der Waals surface area contributed by atoms with Crippen molar-refractivity contribution in [2.75, 3.05) is 23.4 Å². The summed E-state index contributed by atoms with van der Waals surface area (Å²) in [4.78, 5) is 20.4. The monoisotopic (exact) mass is 454 g/mol. The van der Waals surface area contributed by atoms with Crippen LogP contribution < -0.4 is 10.6 Å². The van der Waals surface area contributed by atoms with Crippen LogP contribution in [0.4, 0.5) is 27.8 Å². The third-order valence-corrected chi connectivity index (χ3v) is 6.72. The van der Waals surface area contributed by atoms with E-state index in [1.54, 1.807) is 0 Å². The fourth-order valence-corrected chi connectivity index (χ4v) is 4.57. The van der Waals surface area contributed by atoms with E-state index in [0.717, 1.165) is 23.6 Å². The van der Waals surface area contributed by atoms with E-state index in [2.05, 4.69) is 15.3 Å². The van der Waals surface area contributed by atoms with Crippen molar-refractivity contribution in [3.05, 3.63) is 28.5 Å². The van der Waals surface area contributed by atoms with Gasteiger partial charge < -0.3 is 10.6 Å². The zero-order valence-electron chi connectivity index (χ0n) is 14.8. The molecule has 1 aliphatic heterocycles. The molecule has 0 aliphatic carbocycles. The molecule has 1 amide bonds. The molecule has 0 aromatic carbocycles. The largest absolute Gasteiger partial charge is 0.405 e. The highest BCUT2D eigenvalue weighted by Crippen LogP contribution is 2.37. The summed E-state index contributed by atoms with van der Waals surface area (Å²) in [6.45, 7) is 0.129. The number of aryl methyl sites for hydroxylation is 1. The van der Waals surface area contributed by atoms with Crippen LogP contribution in [0.1, 0.15) is 27.5 Å². The highest BCUT2D eigenvalue weighted by Gasteiger charge is 2.29. The molecule has 2 N–H and O–H groups in total. The summed E-state index contributed by atoms with van der Waals surface area (Å²) < 4.78 is 75.1. The molecule has 0 spiro atoms. The highest BCUT2D eigenvalue weighted by atomic mass is 32.2. The lowest BCUT2D eigenvalue weighted by molar-refractivity contribution is -0.115. The van der Waals surface area contributed by atoms with Crippen molar-refractivity contribution >= 4 is 33.9 Å². The Morgan fingerprint density at radius 1 is 1.38 bits per heavy atom. The van der Waals surface area contributed by atoms with Gasteiger partial charge in [0.05, 0.1) is 16.6 Å². The van der Waals surface area contributed by atoms with Crippen molar-refractivity contribution in [2.24, 2.45) is 0 Å². The number of halogens is 5. The zero-order chi connectivity index (χ0) is 21.3. The Bertz CT molecular complexity index is 940. The van der Waals surface area contributed by atoms with E-state index < -0.39 is 41.4 Å². The molecule has 0 atom stereocenters. The average molecular weight is 454 g/mol. The van der Waals surface area contributed by atoms with Crippen LogP contribution in [0.15, 0.2) is 12.3 Å². The summed E-state index contributed by atoms with van der Waals surface area (Å²) in [6, 6.07) is 0.641. The number of hydrogen-bond acceptors (Lipinski definition) is 6. The van der Waals surface area contributed by atoms with Crippen LogP contribution >= 0.6 is 11.3 Å². The lowest BCUT2D eigenvalue weighted by Gasteiger charge is -2.25. The third kappa shape index (κ3) is 5.26. The standard InChI is InChI=1S/C16H15F5N4O2S2/c1-7-12(28-15(24-7)14(26)25-8-4-29(27)5-8)10-3-22-11(2-9(10)13(17)18)23-6-16(19,20)21/h2-3,8,13H,4-6H2,1H3,(H,22,23)(H,25,26). The molecule has 0 bridgehead atoms. The van der Waals surface area contributed by atoms with Gasteiger partial charge in [-0.05, 0) is 13.0 Å². The minimum atomic E-state index is -4.52. The fourth-order valence-electron chi connectivity index (χ4n) is 2.60. The maximum Gasteiger partial charge on any atom is 0.405 e. The first kappa shape index (κ1) is 21.6. The van der Waals surface area contributed by atoms with Crippen LogP contribution in [0.25, 0.3) is 10.4 Å². The predicted octanol–water partition coefficient (Wildman–Crippen LogP) is 3.29. The van der Waals surface area contributed by atoms with Crippen LogP contribution in [0.2, 0.25) is 0 Å². The zero-order valence-corrected chi connectivity index (χ0v) is 16.5. The van der Waals surface area contributed by atoms with E-state index in [-0.39, 0.29) is 27.3 Å². The molecule has 2 aromatic rings. The summed E-state index contributed by atoms with van der Waals surface area (Å²) in [6.07, 6.45) is -6.45. The van der Waals surface area contributed by atoms with Gasteiger partial charge in [0.1, 0.15) is 12.4 Å². The Morgan fingerprint density at radius 2 is 2.07 bits per heavy atom. The van der Waals surface area contributed by atoms with Gasteiger partial charge in [0.2, 0.25) is 0 Å². The number of alkyl halides is 5. The number of thiazole rings is 1. The molecule has 3 heterocycles. The molecule has 6 nitrogen and oxygen atoms in total. The van der Waals surface area contributed by atoms with Crippen molar-refractivity contribution in [1.82, 2.24) is 15.3 Å². The second-order valence-electron chi connectivity index (χ2n) is 6.30. The number of aromatic nitrogens is 2. The number of anilines is 1. The quantitative estimate of drug-likeness (QED) is 0.655. The van der Waals surface area contributed by atoms with Gasteiger partial charge in [0.25, 0.3) is 12.3 Å². The van der Waals surface area contributed by atoms with Crippen LogP contribution in [0.3, 0.4) is 0 Å². The predicted molar refractivity (Wildman–Crippen MR) is 98.7 cm³/mol. The summed E-state index contributed by atoms with van der Waals surface area (Å²) in [5, 5.41) is 4.68. The van der Waals surface area contributed by atoms with E-state index in [1.807, 2.05) is 5.32 Å². The van der Waals surface area contributed by atoms with Gasteiger partial charge in [-0.1, -0.05) is 0 Å². The molecular weight excluding hydrogens is 439 g/mol. The van der Waals surface area contributed by atoms with Gasteiger partial charge in [-0.25, -0.2) is 18.7 Å².